The maximum atomic E-state index is 5.82. The SMILES string of the molecule is Cc1nc2cc(-c3ccc(Cl)cn3)ccc2s1. The van der Waals surface area contributed by atoms with Gasteiger partial charge in [0.1, 0.15) is 0 Å². The van der Waals surface area contributed by atoms with Crippen molar-refractivity contribution in [1.29, 1.82) is 0 Å². The van der Waals surface area contributed by atoms with E-state index in [0.29, 0.717) is 5.02 Å². The minimum absolute atomic E-state index is 0.652. The second-order valence-electron chi connectivity index (χ2n) is 3.78. The van der Waals surface area contributed by atoms with Crippen LogP contribution in [0.1, 0.15) is 5.01 Å². The van der Waals surface area contributed by atoms with E-state index in [4.69, 9.17) is 11.6 Å². The smallest absolute Gasteiger partial charge is 0.0907 e. The van der Waals surface area contributed by atoms with Gasteiger partial charge in [-0.3, -0.25) is 4.98 Å². The molecular weight excluding hydrogens is 252 g/mol. The molecule has 17 heavy (non-hydrogen) atoms. The van der Waals surface area contributed by atoms with Gasteiger partial charge in [-0.1, -0.05) is 17.7 Å². The van der Waals surface area contributed by atoms with Crippen molar-refractivity contribution in [2.75, 3.05) is 0 Å². The standard InChI is InChI=1S/C13H9ClN2S/c1-8-16-12-6-9(2-5-13(12)17-8)11-4-3-10(14)7-15-11/h2-7H,1H3. The van der Waals surface area contributed by atoms with Crippen molar-refractivity contribution >= 4 is 33.2 Å². The van der Waals surface area contributed by atoms with Gasteiger partial charge in [-0.15, -0.1) is 11.3 Å². The van der Waals surface area contributed by atoms with Crippen molar-refractivity contribution in [2.45, 2.75) is 6.92 Å². The Hall–Kier alpha value is -1.45. The second kappa shape index (κ2) is 4.09. The molecule has 3 rings (SSSR count). The monoisotopic (exact) mass is 260 g/mol. The molecule has 0 saturated carbocycles. The van der Waals surface area contributed by atoms with Crippen LogP contribution < -0.4 is 0 Å². The molecule has 2 heterocycles. The Morgan fingerprint density at radius 3 is 2.82 bits per heavy atom. The lowest BCUT2D eigenvalue weighted by molar-refractivity contribution is 1.32. The number of rotatable bonds is 1. The topological polar surface area (TPSA) is 25.8 Å². The van der Waals surface area contributed by atoms with Crippen molar-refractivity contribution < 1.29 is 0 Å². The van der Waals surface area contributed by atoms with E-state index in [1.807, 2.05) is 19.1 Å². The molecule has 3 aromatic rings. The number of fused-ring (bicyclic) bond motifs is 1. The number of aryl methyl sites for hydroxylation is 1. The van der Waals surface area contributed by atoms with Crippen LogP contribution >= 0.6 is 22.9 Å². The highest BCUT2D eigenvalue weighted by molar-refractivity contribution is 7.18. The van der Waals surface area contributed by atoms with Crippen LogP contribution in [0.3, 0.4) is 0 Å². The molecule has 0 unspecified atom stereocenters. The Labute approximate surface area is 108 Å². The molecule has 0 atom stereocenters. The maximum Gasteiger partial charge on any atom is 0.0907 e. The van der Waals surface area contributed by atoms with Crippen LogP contribution in [0.5, 0.6) is 0 Å². The molecule has 4 heteroatoms. The molecule has 0 N–H and O–H groups in total. The van der Waals surface area contributed by atoms with Gasteiger partial charge in [0.15, 0.2) is 0 Å². The zero-order chi connectivity index (χ0) is 11.8. The summed E-state index contributed by atoms with van der Waals surface area (Å²) >= 11 is 7.53. The minimum atomic E-state index is 0.652. The van der Waals surface area contributed by atoms with Gasteiger partial charge in [0.2, 0.25) is 0 Å². The fraction of sp³-hybridized carbons (Fsp3) is 0.0769. The lowest BCUT2D eigenvalue weighted by Crippen LogP contribution is -1.82. The fourth-order valence-corrected chi connectivity index (χ4v) is 2.67. The summed E-state index contributed by atoms with van der Waals surface area (Å²) in [5.74, 6) is 0. The summed E-state index contributed by atoms with van der Waals surface area (Å²) in [6.45, 7) is 2.02. The number of hydrogen-bond acceptors (Lipinski definition) is 3. The lowest BCUT2D eigenvalue weighted by Gasteiger charge is -2.00. The van der Waals surface area contributed by atoms with Gasteiger partial charge in [0.25, 0.3) is 0 Å². The second-order valence-corrected chi connectivity index (χ2v) is 5.45. The predicted octanol–water partition coefficient (Wildman–Crippen LogP) is 4.32. The van der Waals surface area contributed by atoms with E-state index in [1.165, 1.54) is 4.70 Å². The number of benzene rings is 1. The Kier molecular flexibility index (Phi) is 2.57. The molecule has 0 aliphatic heterocycles. The first-order valence-corrected chi connectivity index (χ1v) is 6.41. The minimum Gasteiger partial charge on any atom is -0.255 e. The van der Waals surface area contributed by atoms with Gasteiger partial charge >= 0.3 is 0 Å². The molecule has 0 amide bonds. The molecule has 84 valence electrons. The third kappa shape index (κ3) is 2.04. The molecule has 0 radical (unpaired) electrons. The van der Waals surface area contributed by atoms with E-state index >= 15 is 0 Å². The van der Waals surface area contributed by atoms with Crippen LogP contribution in [0.25, 0.3) is 21.5 Å². The zero-order valence-corrected chi connectivity index (χ0v) is 10.7. The largest absolute Gasteiger partial charge is 0.255 e. The summed E-state index contributed by atoms with van der Waals surface area (Å²) < 4.78 is 1.21. The number of thiazole rings is 1. The Morgan fingerprint density at radius 1 is 1.18 bits per heavy atom. The molecule has 2 aromatic heterocycles. The summed E-state index contributed by atoms with van der Waals surface area (Å²) in [6.07, 6.45) is 1.66. The molecule has 0 spiro atoms. The third-order valence-electron chi connectivity index (χ3n) is 2.52. The van der Waals surface area contributed by atoms with Crippen LogP contribution in [0.2, 0.25) is 5.02 Å². The van der Waals surface area contributed by atoms with E-state index in [9.17, 15) is 0 Å². The lowest BCUT2D eigenvalue weighted by atomic mass is 10.1. The molecular formula is C13H9ClN2S. The predicted molar refractivity (Wildman–Crippen MR) is 72.6 cm³/mol. The summed E-state index contributed by atoms with van der Waals surface area (Å²) in [7, 11) is 0. The first-order valence-electron chi connectivity index (χ1n) is 5.21. The van der Waals surface area contributed by atoms with E-state index in [1.54, 1.807) is 17.5 Å². The van der Waals surface area contributed by atoms with Crippen molar-refractivity contribution in [1.82, 2.24) is 9.97 Å². The Bertz CT molecular complexity index is 673. The first kappa shape index (κ1) is 10.7. The highest BCUT2D eigenvalue weighted by Crippen LogP contribution is 2.26. The molecule has 0 aliphatic carbocycles. The third-order valence-corrected chi connectivity index (χ3v) is 3.69. The molecule has 0 aliphatic rings. The van der Waals surface area contributed by atoms with Crippen LogP contribution in [0, 0.1) is 6.92 Å². The average Bonchev–Trinajstić information content (AvgIpc) is 2.69. The van der Waals surface area contributed by atoms with Gasteiger partial charge in [-0.25, -0.2) is 4.98 Å². The highest BCUT2D eigenvalue weighted by atomic mass is 35.5. The van der Waals surface area contributed by atoms with Gasteiger partial charge in [-0.2, -0.15) is 0 Å². The van der Waals surface area contributed by atoms with Gasteiger partial charge in [-0.05, 0) is 31.2 Å². The van der Waals surface area contributed by atoms with Crippen molar-refractivity contribution in [3.05, 3.63) is 46.6 Å². The summed E-state index contributed by atoms with van der Waals surface area (Å²) in [5.41, 5.74) is 3.02. The van der Waals surface area contributed by atoms with E-state index in [0.717, 1.165) is 21.8 Å². The molecule has 0 fully saturated rings. The Morgan fingerprint density at radius 2 is 2.06 bits per heavy atom. The van der Waals surface area contributed by atoms with Crippen molar-refractivity contribution in [3.8, 4) is 11.3 Å². The summed E-state index contributed by atoms with van der Waals surface area (Å²) in [4.78, 5) is 8.79. The number of pyridine rings is 1. The van der Waals surface area contributed by atoms with Crippen LogP contribution in [0.4, 0.5) is 0 Å². The van der Waals surface area contributed by atoms with Crippen LogP contribution in [-0.2, 0) is 0 Å². The van der Waals surface area contributed by atoms with Gasteiger partial charge in [0, 0.05) is 11.8 Å². The average molecular weight is 261 g/mol. The Balaban J connectivity index is 2.13. The van der Waals surface area contributed by atoms with Gasteiger partial charge in [0.05, 0.1) is 25.9 Å². The molecule has 0 saturated heterocycles. The highest BCUT2D eigenvalue weighted by Gasteiger charge is 2.04. The summed E-state index contributed by atoms with van der Waals surface area (Å²) in [6, 6.07) is 9.99. The summed E-state index contributed by atoms with van der Waals surface area (Å²) in [5, 5.41) is 1.74. The maximum absolute atomic E-state index is 5.82. The molecule has 0 bridgehead atoms. The first-order chi connectivity index (χ1) is 8.22. The zero-order valence-electron chi connectivity index (χ0n) is 9.14. The van der Waals surface area contributed by atoms with Gasteiger partial charge < -0.3 is 0 Å². The molecule has 2 nitrogen and oxygen atoms in total. The quantitative estimate of drug-likeness (QED) is 0.651. The van der Waals surface area contributed by atoms with Crippen molar-refractivity contribution in [3.63, 3.8) is 0 Å². The van der Waals surface area contributed by atoms with E-state index < -0.39 is 0 Å². The van der Waals surface area contributed by atoms with Crippen molar-refractivity contribution in [2.24, 2.45) is 0 Å². The normalized spacial score (nSPS) is 10.9. The van der Waals surface area contributed by atoms with Crippen LogP contribution in [-0.4, -0.2) is 9.97 Å². The van der Waals surface area contributed by atoms with E-state index in [2.05, 4.69) is 28.2 Å². The number of aromatic nitrogens is 2. The number of hydrogen-bond donors (Lipinski definition) is 0. The number of nitrogens with zero attached hydrogens (tertiary/aromatic N) is 2. The number of halogens is 1. The van der Waals surface area contributed by atoms with Crippen LogP contribution in [0.15, 0.2) is 36.5 Å². The fourth-order valence-electron chi connectivity index (χ4n) is 1.75. The molecule has 1 aromatic carbocycles. The van der Waals surface area contributed by atoms with E-state index in [-0.39, 0.29) is 0 Å².